The maximum atomic E-state index is 9.63. The van der Waals surface area contributed by atoms with Crippen LogP contribution in [0.4, 0.5) is 23.0 Å². The topological polar surface area (TPSA) is 171 Å². The van der Waals surface area contributed by atoms with Crippen molar-refractivity contribution in [1.82, 2.24) is 39.7 Å². The van der Waals surface area contributed by atoms with E-state index in [1.54, 1.807) is 0 Å². The van der Waals surface area contributed by atoms with E-state index in [-0.39, 0.29) is 29.6 Å². The molecule has 2 aromatic carbocycles. The van der Waals surface area contributed by atoms with Gasteiger partial charge in [0.1, 0.15) is 33.1 Å². The van der Waals surface area contributed by atoms with Crippen molar-refractivity contribution in [3.05, 3.63) is 108 Å². The van der Waals surface area contributed by atoms with E-state index in [0.29, 0.717) is 0 Å². The van der Waals surface area contributed by atoms with Gasteiger partial charge in [-0.1, -0.05) is 61.3 Å². The Balaban J connectivity index is 0.000000284. The summed E-state index contributed by atoms with van der Waals surface area (Å²) in [5.41, 5.74) is 6.34. The fourth-order valence-corrected chi connectivity index (χ4v) is 7.23. The molecule has 66 heavy (non-hydrogen) atoms. The molecular weight excluding hydrogens is 884 g/mol. The van der Waals surface area contributed by atoms with Crippen LogP contribution in [0.2, 0.25) is 0 Å². The molecule has 6 aromatic rings. The van der Waals surface area contributed by atoms with Crippen LogP contribution in [-0.2, 0) is 34.0 Å². The van der Waals surface area contributed by atoms with E-state index >= 15 is 0 Å². The number of nitrogens with zero attached hydrogens (tertiary/aromatic N) is 12. The monoisotopic (exact) mass is 950 g/mol. The molecule has 352 valence electrons. The summed E-state index contributed by atoms with van der Waals surface area (Å²) in [6.45, 7) is 17.7. The van der Waals surface area contributed by atoms with Gasteiger partial charge in [-0.15, -0.1) is 0 Å². The van der Waals surface area contributed by atoms with Crippen LogP contribution in [0.5, 0.6) is 0 Å². The minimum absolute atomic E-state index is 0. The van der Waals surface area contributed by atoms with Crippen molar-refractivity contribution in [2.45, 2.75) is 40.8 Å². The number of pyridine rings is 2. The maximum absolute atomic E-state index is 9.63. The van der Waals surface area contributed by atoms with Gasteiger partial charge in [-0.25, -0.2) is 28.4 Å². The molecule has 4 aromatic heterocycles. The first-order valence-corrected chi connectivity index (χ1v) is 25.5. The quantitative estimate of drug-likeness (QED) is 0.161. The summed E-state index contributed by atoms with van der Waals surface area (Å²) in [6, 6.07) is 25.0. The van der Waals surface area contributed by atoms with Gasteiger partial charge in [0.25, 0.3) is 0 Å². The number of rotatable bonds is 8. The SMILES string of the molecule is CC.CS(=O)[O-].CS(C)(=O)=O.Cc1nc(CN(C)c2cccc3cccnc23)cc(N2CCN(C)CC2)n1.Cc1nc(CN(C)c2cccc3cccnc23)cc(N2CCN(C)CC2)n1.[Na+]. The molecule has 1 atom stereocenters. The first kappa shape index (κ1) is 55.9. The number of likely N-dealkylation sites (N-methyl/N-ethyl adjacent to an activating group) is 2. The van der Waals surface area contributed by atoms with E-state index in [9.17, 15) is 8.42 Å². The van der Waals surface area contributed by atoms with Crippen molar-refractivity contribution in [3.63, 3.8) is 0 Å². The molecule has 6 heterocycles. The Labute approximate surface area is 417 Å². The molecule has 16 nitrogen and oxygen atoms in total. The molecule has 2 aliphatic rings. The van der Waals surface area contributed by atoms with Gasteiger partial charge >= 0.3 is 29.6 Å². The predicted octanol–water partition coefficient (Wildman–Crippen LogP) is 2.63. The summed E-state index contributed by atoms with van der Waals surface area (Å²) in [7, 11) is 5.86. The molecule has 2 aliphatic heterocycles. The second-order valence-corrected chi connectivity index (χ2v) is 19.2. The molecule has 8 rings (SSSR count). The first-order valence-electron chi connectivity index (χ1n) is 21.7. The van der Waals surface area contributed by atoms with Crippen molar-refractivity contribution in [2.75, 3.05) is 119 Å². The number of para-hydroxylation sites is 2. The second kappa shape index (κ2) is 27.4. The fraction of sp³-hybridized carbons (Fsp3) is 0.447. The Hall–Kier alpha value is -4.40. The van der Waals surface area contributed by atoms with Crippen molar-refractivity contribution < 1.29 is 46.7 Å². The molecule has 0 radical (unpaired) electrons. The molecule has 0 aliphatic carbocycles. The number of fused-ring (bicyclic) bond motifs is 2. The minimum Gasteiger partial charge on any atom is -0.773 e. The van der Waals surface area contributed by atoms with Gasteiger partial charge < -0.3 is 34.0 Å². The largest absolute Gasteiger partial charge is 1.00 e. The number of aryl methyl sites for hydroxylation is 2. The fourth-order valence-electron chi connectivity index (χ4n) is 7.23. The van der Waals surface area contributed by atoms with Crippen LogP contribution < -0.4 is 49.2 Å². The van der Waals surface area contributed by atoms with Crippen molar-refractivity contribution in [1.29, 1.82) is 0 Å². The molecule has 2 fully saturated rings. The zero-order valence-electron chi connectivity index (χ0n) is 41.0. The third-order valence-electron chi connectivity index (χ3n) is 10.3. The van der Waals surface area contributed by atoms with Gasteiger partial charge in [0.15, 0.2) is 0 Å². The average molecular weight is 951 g/mol. The van der Waals surface area contributed by atoms with Crippen molar-refractivity contribution in [2.24, 2.45) is 0 Å². The summed E-state index contributed by atoms with van der Waals surface area (Å²) in [6.07, 6.45) is 7.10. The zero-order valence-corrected chi connectivity index (χ0v) is 44.6. The van der Waals surface area contributed by atoms with Crippen LogP contribution in [0, 0.1) is 13.8 Å². The molecule has 1 unspecified atom stereocenters. The Morgan fingerprint density at radius 2 is 0.939 bits per heavy atom. The Kier molecular flexibility index (Phi) is 23.2. The van der Waals surface area contributed by atoms with E-state index in [0.717, 1.165) is 152 Å². The molecule has 0 spiro atoms. The molecule has 19 heteroatoms. The smallest absolute Gasteiger partial charge is 0.773 e. The number of benzene rings is 2. The van der Waals surface area contributed by atoms with Crippen LogP contribution in [0.3, 0.4) is 0 Å². The van der Waals surface area contributed by atoms with Gasteiger partial charge in [0, 0.05) is 114 Å². The average Bonchev–Trinajstić information content (AvgIpc) is 3.26. The van der Waals surface area contributed by atoms with Gasteiger partial charge in [0.2, 0.25) is 0 Å². The standard InChI is InChI=1S/2C21H26N6.C2H6O2S.C2H6.CH4O2S.Na/c2*1-16-23-18(14-20(24-16)27-12-10-25(2)11-13-27)15-26(3)19-8-4-6-17-7-5-9-22-21(17)19;1-5(2,3)4;1-2;1-4(2)3;/h2*4-9,14H,10-13,15H2,1-3H3;1-2H3;1-2H3;1H3,(H,2,3);/q;;;;;+1/p-1. The number of hydrogen-bond acceptors (Lipinski definition) is 16. The molecule has 2 saturated heterocycles. The van der Waals surface area contributed by atoms with Gasteiger partial charge in [-0.3, -0.25) is 14.2 Å². The van der Waals surface area contributed by atoms with Gasteiger partial charge in [0.05, 0.1) is 46.9 Å². The van der Waals surface area contributed by atoms with E-state index in [4.69, 9.17) is 8.76 Å². The Bertz CT molecular complexity index is 2380. The number of anilines is 4. The van der Waals surface area contributed by atoms with Crippen LogP contribution in [0.1, 0.15) is 36.9 Å². The molecule has 0 bridgehead atoms. The summed E-state index contributed by atoms with van der Waals surface area (Å²) >= 11 is -1.86. The summed E-state index contributed by atoms with van der Waals surface area (Å²) in [4.78, 5) is 41.7. The molecular formula is C47H67N12NaO4S2. The maximum Gasteiger partial charge on any atom is 1.00 e. The van der Waals surface area contributed by atoms with Crippen LogP contribution in [0.15, 0.2) is 85.2 Å². The molecule has 0 N–H and O–H groups in total. The number of aromatic nitrogens is 6. The first-order chi connectivity index (χ1) is 30.9. The Morgan fingerprint density at radius 3 is 1.27 bits per heavy atom. The Morgan fingerprint density at radius 1 is 0.621 bits per heavy atom. The van der Waals surface area contributed by atoms with Crippen LogP contribution in [-0.4, -0.2) is 156 Å². The minimum atomic E-state index is -2.67. The van der Waals surface area contributed by atoms with E-state index < -0.39 is 20.9 Å². The third kappa shape index (κ3) is 18.4. The summed E-state index contributed by atoms with van der Waals surface area (Å²) in [5, 5.41) is 2.30. The summed E-state index contributed by atoms with van der Waals surface area (Å²) in [5.74, 6) is 3.72. The number of hydrogen-bond donors (Lipinski definition) is 0. The zero-order chi connectivity index (χ0) is 47.7. The second-order valence-electron chi connectivity index (χ2n) is 16.1. The molecule has 0 saturated carbocycles. The van der Waals surface area contributed by atoms with Crippen molar-refractivity contribution in [3.8, 4) is 0 Å². The van der Waals surface area contributed by atoms with Gasteiger partial charge in [-0.05, 0) is 58.5 Å². The normalized spacial score (nSPS) is 14.4. The van der Waals surface area contributed by atoms with Crippen LogP contribution >= 0.6 is 0 Å². The van der Waals surface area contributed by atoms with Gasteiger partial charge in [-0.2, -0.15) is 0 Å². The molecule has 0 amide bonds. The van der Waals surface area contributed by atoms with E-state index in [2.05, 4.69) is 148 Å². The van der Waals surface area contributed by atoms with E-state index in [1.165, 1.54) is 0 Å². The van der Waals surface area contributed by atoms with E-state index in [1.807, 2.05) is 52.2 Å². The van der Waals surface area contributed by atoms with Crippen LogP contribution in [0.25, 0.3) is 21.8 Å². The predicted molar refractivity (Wildman–Crippen MR) is 268 cm³/mol. The third-order valence-corrected chi connectivity index (χ3v) is 10.3. The van der Waals surface area contributed by atoms with Crippen molar-refractivity contribution >= 4 is 65.7 Å². The number of sulfone groups is 1. The number of piperazine rings is 2. The summed E-state index contributed by atoms with van der Waals surface area (Å²) < 4.78 is 37.3.